The van der Waals surface area contributed by atoms with Crippen molar-refractivity contribution >= 4 is 33.1 Å². The molecular formula is C28H33N3O5S. The minimum absolute atomic E-state index is 0.0682. The highest BCUT2D eigenvalue weighted by molar-refractivity contribution is 7.89. The fourth-order valence-electron chi connectivity index (χ4n) is 5.58. The number of carbonyl (C=O) groups is 2. The highest BCUT2D eigenvalue weighted by Crippen LogP contribution is 2.32. The monoisotopic (exact) mass is 523 g/mol. The molecule has 1 unspecified atom stereocenters. The Morgan fingerprint density at radius 2 is 1.89 bits per heavy atom. The third-order valence-electron chi connectivity index (χ3n) is 7.68. The first-order chi connectivity index (χ1) is 17.9. The molecule has 2 N–H and O–H groups in total. The van der Waals surface area contributed by atoms with E-state index in [9.17, 15) is 18.0 Å². The third-order valence-corrected chi connectivity index (χ3v) is 9.20. The van der Waals surface area contributed by atoms with Crippen LogP contribution < -0.4 is 4.72 Å². The van der Waals surface area contributed by atoms with Crippen molar-refractivity contribution in [3.8, 4) is 11.3 Å². The molecule has 2 aliphatic rings. The number of aromatic nitrogens is 1. The molecule has 8 nitrogen and oxygen atoms in total. The maximum Gasteiger partial charge on any atom is 0.240 e. The van der Waals surface area contributed by atoms with Crippen molar-refractivity contribution in [2.45, 2.75) is 56.0 Å². The lowest BCUT2D eigenvalue weighted by Gasteiger charge is -2.39. The number of nitrogens with one attached hydrogen (secondary N) is 2. The zero-order valence-corrected chi connectivity index (χ0v) is 21.8. The van der Waals surface area contributed by atoms with Crippen molar-refractivity contribution in [2.24, 2.45) is 5.92 Å². The molecule has 37 heavy (non-hydrogen) atoms. The summed E-state index contributed by atoms with van der Waals surface area (Å²) in [5.41, 5.74) is 2.62. The Morgan fingerprint density at radius 1 is 1.14 bits per heavy atom. The second-order valence-corrected chi connectivity index (χ2v) is 11.7. The average Bonchev–Trinajstić information content (AvgIpc) is 3.31. The molecule has 9 heteroatoms. The zero-order valence-electron chi connectivity index (χ0n) is 21.0. The topological polar surface area (TPSA) is 109 Å². The molecule has 1 saturated heterocycles. The van der Waals surface area contributed by atoms with Crippen LogP contribution in [0.3, 0.4) is 0 Å². The summed E-state index contributed by atoms with van der Waals surface area (Å²) in [6, 6.07) is 14.2. The van der Waals surface area contributed by atoms with E-state index < -0.39 is 10.0 Å². The molecule has 1 saturated carbocycles. The maximum atomic E-state index is 13.2. The van der Waals surface area contributed by atoms with Crippen LogP contribution in [0.1, 0.15) is 49.4 Å². The van der Waals surface area contributed by atoms with E-state index in [4.69, 9.17) is 4.74 Å². The van der Waals surface area contributed by atoms with E-state index in [1.165, 1.54) is 0 Å². The standard InChI is InChI=1S/C28H33N3O5S/c1-2-22-18-36-15-14-31(22)28(33)20-8-10-21(11-9-20)30-37(34,35)23-12-13-24-25(17-32)27(29-26(24)16-23)19-6-4-3-5-7-19/h3-7,12-13,16-17,20-22,29-30H,2,8-11,14-15,18H2,1H3. The molecule has 1 aliphatic carbocycles. The second kappa shape index (κ2) is 10.8. The molecule has 1 aliphatic heterocycles. The van der Waals surface area contributed by atoms with E-state index in [0.29, 0.717) is 67.6 Å². The highest BCUT2D eigenvalue weighted by Gasteiger charge is 2.34. The van der Waals surface area contributed by atoms with E-state index >= 15 is 0 Å². The number of sulfonamides is 1. The Hall–Kier alpha value is -3.01. The molecule has 1 amide bonds. The van der Waals surface area contributed by atoms with Gasteiger partial charge in [-0.05, 0) is 49.8 Å². The number of fused-ring (bicyclic) bond motifs is 1. The summed E-state index contributed by atoms with van der Waals surface area (Å²) in [5.74, 6) is 0.107. The molecule has 0 radical (unpaired) electrons. The number of hydrogen-bond acceptors (Lipinski definition) is 5. The van der Waals surface area contributed by atoms with Crippen LogP contribution in [0.25, 0.3) is 22.2 Å². The summed E-state index contributed by atoms with van der Waals surface area (Å²) in [6.07, 6.45) is 4.24. The fourth-order valence-corrected chi connectivity index (χ4v) is 6.91. The Labute approximate surface area is 217 Å². The van der Waals surface area contributed by atoms with Crippen LogP contribution in [0.4, 0.5) is 0 Å². The number of nitrogens with zero attached hydrogens (tertiary/aromatic N) is 1. The number of ether oxygens (including phenoxy) is 1. The zero-order chi connectivity index (χ0) is 26.0. The fraction of sp³-hybridized carbons (Fsp3) is 0.429. The Morgan fingerprint density at radius 3 is 2.59 bits per heavy atom. The predicted octanol–water partition coefficient (Wildman–Crippen LogP) is 4.12. The molecule has 2 heterocycles. The predicted molar refractivity (Wildman–Crippen MR) is 142 cm³/mol. The van der Waals surface area contributed by atoms with E-state index in [2.05, 4.69) is 16.6 Å². The number of H-pyrrole nitrogens is 1. The van der Waals surface area contributed by atoms with E-state index in [-0.39, 0.29) is 28.8 Å². The molecule has 0 spiro atoms. The van der Waals surface area contributed by atoms with Crippen LogP contribution in [-0.4, -0.2) is 62.3 Å². The van der Waals surface area contributed by atoms with Gasteiger partial charge in [0.25, 0.3) is 0 Å². The summed E-state index contributed by atoms with van der Waals surface area (Å²) in [7, 11) is -3.77. The van der Waals surface area contributed by atoms with E-state index in [1.54, 1.807) is 18.2 Å². The van der Waals surface area contributed by atoms with Gasteiger partial charge in [0, 0.05) is 35.0 Å². The van der Waals surface area contributed by atoms with Gasteiger partial charge in [0.15, 0.2) is 6.29 Å². The number of morpholine rings is 1. The molecule has 0 bridgehead atoms. The van der Waals surface area contributed by atoms with E-state index in [1.807, 2.05) is 35.2 Å². The molecule has 3 aromatic rings. The number of rotatable bonds is 7. The number of carbonyl (C=O) groups excluding carboxylic acids is 2. The molecule has 5 rings (SSSR count). The van der Waals surface area contributed by atoms with Gasteiger partial charge in [0.05, 0.1) is 29.8 Å². The molecule has 196 valence electrons. The summed E-state index contributed by atoms with van der Waals surface area (Å²) in [4.78, 5) is 30.3. The van der Waals surface area contributed by atoms with Gasteiger partial charge < -0.3 is 14.6 Å². The lowest BCUT2D eigenvalue weighted by molar-refractivity contribution is -0.145. The molecule has 1 atom stereocenters. The van der Waals surface area contributed by atoms with Crippen LogP contribution in [0, 0.1) is 5.92 Å². The number of amides is 1. The van der Waals surface area contributed by atoms with Crippen molar-refractivity contribution in [1.29, 1.82) is 0 Å². The maximum absolute atomic E-state index is 13.2. The number of hydrogen-bond donors (Lipinski definition) is 2. The summed E-state index contributed by atoms with van der Waals surface area (Å²) in [5, 5.41) is 0.681. The lowest BCUT2D eigenvalue weighted by Crippen LogP contribution is -2.51. The highest BCUT2D eigenvalue weighted by atomic mass is 32.2. The van der Waals surface area contributed by atoms with Gasteiger partial charge in [-0.3, -0.25) is 9.59 Å². The van der Waals surface area contributed by atoms with Crippen molar-refractivity contribution in [3.05, 3.63) is 54.1 Å². The lowest BCUT2D eigenvalue weighted by atomic mass is 9.85. The number of aldehydes is 1. The van der Waals surface area contributed by atoms with Crippen LogP contribution in [0.2, 0.25) is 0 Å². The minimum atomic E-state index is -3.77. The quantitative estimate of drug-likeness (QED) is 0.453. The first kappa shape index (κ1) is 25.6. The van der Waals surface area contributed by atoms with Gasteiger partial charge >= 0.3 is 0 Å². The Balaban J connectivity index is 1.28. The Bertz CT molecular complexity index is 1380. The van der Waals surface area contributed by atoms with Crippen molar-refractivity contribution in [2.75, 3.05) is 19.8 Å². The first-order valence-electron chi connectivity index (χ1n) is 13.0. The van der Waals surface area contributed by atoms with Crippen LogP contribution >= 0.6 is 0 Å². The van der Waals surface area contributed by atoms with Crippen LogP contribution in [-0.2, 0) is 19.6 Å². The van der Waals surface area contributed by atoms with Crippen LogP contribution in [0.5, 0.6) is 0 Å². The third kappa shape index (κ3) is 5.21. The SMILES string of the molecule is CCC1COCCN1C(=O)C1CCC(NS(=O)(=O)c2ccc3c(C=O)c(-c4ccccc4)[nH]c3c2)CC1. The normalized spacial score (nSPS) is 22.7. The largest absolute Gasteiger partial charge is 0.377 e. The summed E-state index contributed by atoms with van der Waals surface area (Å²) < 4.78 is 34.8. The van der Waals surface area contributed by atoms with Gasteiger partial charge in [-0.15, -0.1) is 0 Å². The van der Waals surface area contributed by atoms with Gasteiger partial charge in [-0.1, -0.05) is 43.3 Å². The van der Waals surface area contributed by atoms with Crippen molar-refractivity contribution in [1.82, 2.24) is 14.6 Å². The minimum Gasteiger partial charge on any atom is -0.377 e. The number of benzene rings is 2. The summed E-state index contributed by atoms with van der Waals surface area (Å²) >= 11 is 0. The molecule has 2 aromatic carbocycles. The smallest absolute Gasteiger partial charge is 0.240 e. The van der Waals surface area contributed by atoms with Gasteiger partial charge in [0.2, 0.25) is 15.9 Å². The Kier molecular flexibility index (Phi) is 7.46. The first-order valence-corrected chi connectivity index (χ1v) is 14.5. The van der Waals surface area contributed by atoms with Crippen molar-refractivity contribution < 1.29 is 22.7 Å². The van der Waals surface area contributed by atoms with Crippen LogP contribution in [0.15, 0.2) is 53.4 Å². The average molecular weight is 524 g/mol. The summed E-state index contributed by atoms with van der Waals surface area (Å²) in [6.45, 7) is 3.86. The molecule has 2 fully saturated rings. The van der Waals surface area contributed by atoms with Crippen molar-refractivity contribution in [3.63, 3.8) is 0 Å². The van der Waals surface area contributed by atoms with Gasteiger partial charge in [-0.2, -0.15) is 0 Å². The number of aromatic amines is 1. The molecule has 1 aromatic heterocycles. The van der Waals surface area contributed by atoms with E-state index in [0.717, 1.165) is 18.3 Å². The molecular weight excluding hydrogens is 490 g/mol. The van der Waals surface area contributed by atoms with Gasteiger partial charge in [0.1, 0.15) is 0 Å². The second-order valence-electron chi connectivity index (χ2n) is 9.94. The van der Waals surface area contributed by atoms with Gasteiger partial charge in [-0.25, -0.2) is 13.1 Å².